The number of hydrogen-bond acceptors (Lipinski definition) is 5. The Morgan fingerprint density at radius 3 is 2.29 bits per heavy atom. The zero-order valence-corrected chi connectivity index (χ0v) is 26.9. The van der Waals surface area contributed by atoms with E-state index in [2.05, 4.69) is 102 Å². The minimum absolute atomic E-state index is 0.337. The van der Waals surface area contributed by atoms with Gasteiger partial charge in [-0.2, -0.15) is 0 Å². The van der Waals surface area contributed by atoms with E-state index < -0.39 is 11.6 Å². The Bertz CT molecular complexity index is 1790. The van der Waals surface area contributed by atoms with Crippen molar-refractivity contribution >= 4 is 22.6 Å². The van der Waals surface area contributed by atoms with E-state index in [1.54, 1.807) is 6.20 Å². The molecule has 6 rings (SSSR count). The molecule has 0 N–H and O–H groups in total. The number of carbonyl (C=O) groups excluding carboxylic acids is 1. The Balaban J connectivity index is 1.70. The van der Waals surface area contributed by atoms with Crippen LogP contribution < -0.4 is 9.64 Å². The summed E-state index contributed by atoms with van der Waals surface area (Å²) in [6.45, 7) is 11.8. The molecule has 0 saturated heterocycles. The van der Waals surface area contributed by atoms with Crippen molar-refractivity contribution in [2.75, 3.05) is 24.6 Å². The fourth-order valence-corrected chi connectivity index (χ4v) is 6.84. The van der Waals surface area contributed by atoms with Crippen molar-refractivity contribution in [2.45, 2.75) is 65.5 Å². The first-order valence-corrected chi connectivity index (χ1v) is 16.5. The van der Waals surface area contributed by atoms with Crippen molar-refractivity contribution in [1.29, 1.82) is 0 Å². The second kappa shape index (κ2) is 13.2. The first-order chi connectivity index (χ1) is 22.1. The molecule has 0 spiro atoms. The van der Waals surface area contributed by atoms with Crippen LogP contribution in [0.3, 0.4) is 0 Å². The minimum atomic E-state index is -1.29. The number of unbranched alkanes of at least 4 members (excludes halogenated alkanes) is 2. The van der Waals surface area contributed by atoms with Crippen LogP contribution >= 0.6 is 0 Å². The monoisotopic (exact) mass is 601 g/mol. The van der Waals surface area contributed by atoms with Gasteiger partial charge in [0, 0.05) is 65.2 Å². The Morgan fingerprint density at radius 1 is 0.844 bits per heavy atom. The third kappa shape index (κ3) is 5.26. The van der Waals surface area contributed by atoms with E-state index in [1.165, 1.54) is 0 Å². The highest BCUT2D eigenvalue weighted by Crippen LogP contribution is 2.55. The van der Waals surface area contributed by atoms with Gasteiger partial charge in [-0.25, -0.2) is 9.78 Å². The third-order valence-corrected chi connectivity index (χ3v) is 8.89. The number of para-hydroxylation sites is 1. The van der Waals surface area contributed by atoms with Crippen LogP contribution in [0.5, 0.6) is 5.75 Å². The molecule has 1 unspecified atom stereocenters. The van der Waals surface area contributed by atoms with Crippen molar-refractivity contribution < 1.29 is 14.3 Å². The van der Waals surface area contributed by atoms with Crippen molar-refractivity contribution in [1.82, 2.24) is 9.55 Å². The molecule has 0 aliphatic carbocycles. The Hall–Kier alpha value is -4.58. The highest BCUT2D eigenvalue weighted by Gasteiger charge is 2.54. The van der Waals surface area contributed by atoms with Crippen molar-refractivity contribution in [2.24, 2.45) is 0 Å². The predicted molar refractivity (Wildman–Crippen MR) is 182 cm³/mol. The zero-order chi connectivity index (χ0) is 31.4. The molecule has 6 nitrogen and oxygen atoms in total. The van der Waals surface area contributed by atoms with Crippen molar-refractivity contribution in [3.8, 4) is 17.0 Å². The van der Waals surface area contributed by atoms with Gasteiger partial charge in [0.25, 0.3) is 0 Å². The van der Waals surface area contributed by atoms with Crippen LogP contribution in [0.2, 0.25) is 0 Å². The number of aryl methyl sites for hydroxylation is 1. The fourth-order valence-electron chi connectivity index (χ4n) is 6.84. The number of carbonyl (C=O) groups is 1. The number of ether oxygens (including phenoxy) is 2. The first kappa shape index (κ1) is 30.4. The summed E-state index contributed by atoms with van der Waals surface area (Å²) in [7, 11) is 0. The molecule has 0 saturated carbocycles. The van der Waals surface area contributed by atoms with Gasteiger partial charge in [0.05, 0.1) is 12.3 Å². The van der Waals surface area contributed by atoms with Gasteiger partial charge in [-0.05, 0) is 56.5 Å². The summed E-state index contributed by atoms with van der Waals surface area (Å²) >= 11 is 0. The topological polar surface area (TPSA) is 56.6 Å². The molecule has 1 aliphatic rings. The third-order valence-electron chi connectivity index (χ3n) is 8.89. The van der Waals surface area contributed by atoms with Crippen molar-refractivity contribution in [3.63, 3.8) is 0 Å². The van der Waals surface area contributed by atoms with Crippen LogP contribution in [-0.2, 0) is 16.9 Å². The average molecular weight is 602 g/mol. The van der Waals surface area contributed by atoms with E-state index in [1.807, 2.05) is 25.1 Å². The number of rotatable bonds is 13. The summed E-state index contributed by atoms with van der Waals surface area (Å²) in [5.41, 5.74) is 5.78. The van der Waals surface area contributed by atoms with Crippen LogP contribution in [0, 0.1) is 0 Å². The molecule has 3 heterocycles. The number of esters is 1. The highest BCUT2D eigenvalue weighted by molar-refractivity contribution is 6.00. The van der Waals surface area contributed by atoms with Crippen LogP contribution in [0.15, 0.2) is 91.1 Å². The minimum Gasteiger partial charge on any atom is -0.493 e. The lowest BCUT2D eigenvalue weighted by Gasteiger charge is -2.33. The number of anilines is 1. The summed E-state index contributed by atoms with van der Waals surface area (Å²) < 4.78 is 15.5. The van der Waals surface area contributed by atoms with Gasteiger partial charge in [0.2, 0.25) is 0 Å². The Kier molecular flexibility index (Phi) is 8.92. The molecule has 6 heteroatoms. The van der Waals surface area contributed by atoms with Crippen LogP contribution in [0.1, 0.15) is 80.6 Å². The molecule has 0 fully saturated rings. The van der Waals surface area contributed by atoms with Crippen LogP contribution in [-0.4, -0.2) is 35.2 Å². The number of benzene rings is 3. The Morgan fingerprint density at radius 2 is 1.58 bits per heavy atom. The van der Waals surface area contributed by atoms with Gasteiger partial charge in [0.1, 0.15) is 5.75 Å². The van der Waals surface area contributed by atoms with E-state index in [0.717, 1.165) is 89.9 Å². The van der Waals surface area contributed by atoms with E-state index in [4.69, 9.17) is 9.47 Å². The van der Waals surface area contributed by atoms with Crippen LogP contribution in [0.4, 0.5) is 5.69 Å². The van der Waals surface area contributed by atoms with E-state index >= 15 is 0 Å². The maximum atomic E-state index is 13.8. The molecular weight excluding hydrogens is 558 g/mol. The standard InChI is InChI=1S/C39H43N3O3/c1-5-9-25-41(26-10-6-2)29-22-23-31(34(27-29)44-8-4)39(32-20-16-24-40-36(32)38(43)45-39)35-30-19-14-15-21-33(30)42(7-3)37(35)28-17-12-11-13-18-28/h11-24,27H,5-10,25-26H2,1-4H3. The Labute approximate surface area is 266 Å². The largest absolute Gasteiger partial charge is 0.493 e. The first-order valence-electron chi connectivity index (χ1n) is 16.5. The smallest absolute Gasteiger partial charge is 0.358 e. The summed E-state index contributed by atoms with van der Waals surface area (Å²) in [5.74, 6) is 0.279. The molecule has 0 amide bonds. The molecule has 0 bridgehead atoms. The van der Waals surface area contributed by atoms with E-state index in [0.29, 0.717) is 18.1 Å². The maximum absolute atomic E-state index is 13.8. The number of fused-ring (bicyclic) bond motifs is 2. The number of pyridine rings is 1. The van der Waals surface area contributed by atoms with Gasteiger partial charge < -0.3 is 18.9 Å². The molecule has 0 radical (unpaired) electrons. The number of hydrogen-bond donors (Lipinski definition) is 0. The van der Waals surface area contributed by atoms with Gasteiger partial charge in [-0.1, -0.05) is 81.3 Å². The van der Waals surface area contributed by atoms with E-state index in [9.17, 15) is 4.79 Å². The lowest BCUT2D eigenvalue weighted by atomic mass is 9.78. The molecule has 2 aromatic heterocycles. The molecule has 1 aliphatic heterocycles. The van der Waals surface area contributed by atoms with Gasteiger partial charge in [0.15, 0.2) is 11.3 Å². The van der Waals surface area contributed by atoms with E-state index in [-0.39, 0.29) is 0 Å². The molecule has 3 aromatic carbocycles. The predicted octanol–water partition coefficient (Wildman–Crippen LogP) is 8.99. The van der Waals surface area contributed by atoms with Gasteiger partial charge in [-0.3, -0.25) is 0 Å². The normalized spacial score (nSPS) is 15.7. The number of nitrogens with zero attached hydrogens (tertiary/aromatic N) is 3. The zero-order valence-electron chi connectivity index (χ0n) is 26.9. The molecule has 45 heavy (non-hydrogen) atoms. The van der Waals surface area contributed by atoms with Gasteiger partial charge >= 0.3 is 5.97 Å². The summed E-state index contributed by atoms with van der Waals surface area (Å²) in [6.07, 6.45) is 6.16. The highest BCUT2D eigenvalue weighted by atomic mass is 16.6. The lowest BCUT2D eigenvalue weighted by Crippen LogP contribution is -2.31. The second-order valence-electron chi connectivity index (χ2n) is 11.6. The average Bonchev–Trinajstić information content (AvgIpc) is 3.58. The lowest BCUT2D eigenvalue weighted by molar-refractivity contribution is 0.0247. The molecule has 1 atom stereocenters. The fraction of sp³-hybridized carbons (Fsp3) is 0.333. The molecular formula is C39H43N3O3. The summed E-state index contributed by atoms with van der Waals surface area (Å²) in [5, 5.41) is 1.03. The molecule has 5 aromatic rings. The van der Waals surface area contributed by atoms with Crippen LogP contribution in [0.25, 0.3) is 22.2 Å². The quantitative estimate of drug-likeness (QED) is 0.126. The van der Waals surface area contributed by atoms with Gasteiger partial charge in [-0.15, -0.1) is 0 Å². The summed E-state index contributed by atoms with van der Waals surface area (Å²) in [6, 6.07) is 29.1. The number of aromatic nitrogens is 2. The summed E-state index contributed by atoms with van der Waals surface area (Å²) in [4.78, 5) is 20.8. The maximum Gasteiger partial charge on any atom is 0.358 e. The SMILES string of the molecule is CCCCN(CCCC)c1ccc(C2(c3c(-c4ccccc4)n(CC)c4ccccc34)OC(=O)c3ncccc32)c(OCC)c1. The van der Waals surface area contributed by atoms with Crippen molar-refractivity contribution in [3.05, 3.63) is 114 Å². The molecule has 232 valence electrons. The second-order valence-corrected chi connectivity index (χ2v) is 11.6. The number of cyclic esters (lactones) is 1.